The predicted octanol–water partition coefficient (Wildman–Crippen LogP) is -0.171. The number of halogens is 1. The second-order valence-corrected chi connectivity index (χ2v) is 5.02. The molecular weight excluding hydrogens is 288 g/mol. The van der Waals surface area contributed by atoms with E-state index < -0.39 is 43.9 Å². The van der Waals surface area contributed by atoms with E-state index in [9.17, 15) is 10.2 Å². The standard InChI is InChI=1S/C13H17ClO6/c14-8-3-1-7(2-4-8)13-19-11(9(17)5-15)12(20-13)10(18)6-16/h1-4,9-13,15-18H,5-6H2/t9-,10+,11-,12-,13?/m1/s1. The Labute approximate surface area is 121 Å². The lowest BCUT2D eigenvalue weighted by Crippen LogP contribution is -2.45. The van der Waals surface area contributed by atoms with Gasteiger partial charge in [-0.3, -0.25) is 0 Å². The van der Waals surface area contributed by atoms with Gasteiger partial charge in [0.2, 0.25) is 0 Å². The van der Waals surface area contributed by atoms with Gasteiger partial charge in [0.15, 0.2) is 6.29 Å². The van der Waals surface area contributed by atoms with Crippen LogP contribution in [0.3, 0.4) is 0 Å². The summed E-state index contributed by atoms with van der Waals surface area (Å²) in [7, 11) is 0. The first-order valence-electron chi connectivity index (χ1n) is 6.21. The molecule has 1 aliphatic rings. The Balaban J connectivity index is 2.16. The van der Waals surface area contributed by atoms with Crippen LogP contribution in [-0.2, 0) is 9.47 Å². The number of benzene rings is 1. The molecular formula is C13H17ClO6. The first-order chi connectivity index (χ1) is 9.56. The molecule has 0 aromatic heterocycles. The summed E-state index contributed by atoms with van der Waals surface area (Å²) in [6.07, 6.45) is -5.08. The van der Waals surface area contributed by atoms with Crippen molar-refractivity contribution < 1.29 is 29.9 Å². The zero-order chi connectivity index (χ0) is 14.7. The van der Waals surface area contributed by atoms with Crippen molar-refractivity contribution in [2.75, 3.05) is 13.2 Å². The summed E-state index contributed by atoms with van der Waals surface area (Å²) in [5.74, 6) is 0. The van der Waals surface area contributed by atoms with Gasteiger partial charge in [-0.1, -0.05) is 23.7 Å². The van der Waals surface area contributed by atoms with Crippen LogP contribution >= 0.6 is 11.6 Å². The molecule has 1 heterocycles. The highest BCUT2D eigenvalue weighted by atomic mass is 35.5. The van der Waals surface area contributed by atoms with Crippen LogP contribution in [0.5, 0.6) is 0 Å². The molecule has 6 nitrogen and oxygen atoms in total. The summed E-state index contributed by atoms with van der Waals surface area (Å²) in [5, 5.41) is 38.0. The van der Waals surface area contributed by atoms with Crippen LogP contribution in [0.15, 0.2) is 24.3 Å². The molecule has 0 spiro atoms. The maximum absolute atomic E-state index is 9.71. The van der Waals surface area contributed by atoms with E-state index in [2.05, 4.69) is 0 Å². The number of aliphatic hydroxyl groups excluding tert-OH is 4. The van der Waals surface area contributed by atoms with E-state index in [4.69, 9.17) is 31.3 Å². The number of rotatable bonds is 5. The predicted molar refractivity (Wildman–Crippen MR) is 70.1 cm³/mol. The first kappa shape index (κ1) is 15.7. The fraction of sp³-hybridized carbons (Fsp3) is 0.538. The summed E-state index contributed by atoms with van der Waals surface area (Å²) in [6, 6.07) is 6.72. The third-order valence-corrected chi connectivity index (χ3v) is 3.41. The molecule has 4 N–H and O–H groups in total. The van der Waals surface area contributed by atoms with E-state index in [0.717, 1.165) is 0 Å². The van der Waals surface area contributed by atoms with Crippen molar-refractivity contribution in [3.05, 3.63) is 34.9 Å². The average molecular weight is 305 g/mol. The Hall–Kier alpha value is -0.730. The summed E-state index contributed by atoms with van der Waals surface area (Å²) in [6.45, 7) is -1.06. The highest BCUT2D eigenvalue weighted by molar-refractivity contribution is 6.30. The van der Waals surface area contributed by atoms with Crippen LogP contribution in [0, 0.1) is 0 Å². The van der Waals surface area contributed by atoms with Crippen molar-refractivity contribution in [1.82, 2.24) is 0 Å². The molecule has 1 unspecified atom stereocenters. The van der Waals surface area contributed by atoms with Crippen LogP contribution in [0.1, 0.15) is 11.9 Å². The zero-order valence-corrected chi connectivity index (χ0v) is 11.3. The minimum Gasteiger partial charge on any atom is -0.394 e. The second-order valence-electron chi connectivity index (χ2n) is 4.58. The Kier molecular flexibility index (Phi) is 5.34. The Morgan fingerprint density at radius 3 is 1.80 bits per heavy atom. The molecule has 0 saturated carbocycles. The molecule has 0 aliphatic carbocycles. The summed E-state index contributed by atoms with van der Waals surface area (Å²) in [4.78, 5) is 0. The fourth-order valence-electron chi connectivity index (χ4n) is 2.08. The monoisotopic (exact) mass is 304 g/mol. The molecule has 1 saturated heterocycles. The fourth-order valence-corrected chi connectivity index (χ4v) is 2.20. The molecule has 112 valence electrons. The summed E-state index contributed by atoms with van der Waals surface area (Å²) < 4.78 is 11.1. The van der Waals surface area contributed by atoms with E-state index in [-0.39, 0.29) is 0 Å². The molecule has 1 aromatic carbocycles. The topological polar surface area (TPSA) is 99.4 Å². The van der Waals surface area contributed by atoms with E-state index in [0.29, 0.717) is 10.6 Å². The van der Waals surface area contributed by atoms with Crippen molar-refractivity contribution in [3.63, 3.8) is 0 Å². The largest absolute Gasteiger partial charge is 0.394 e. The van der Waals surface area contributed by atoms with Gasteiger partial charge >= 0.3 is 0 Å². The molecule has 0 radical (unpaired) electrons. The number of ether oxygens (including phenoxy) is 2. The van der Waals surface area contributed by atoms with E-state index in [1.165, 1.54) is 0 Å². The average Bonchev–Trinajstić information content (AvgIpc) is 2.91. The molecule has 0 amide bonds. The molecule has 5 atom stereocenters. The van der Waals surface area contributed by atoms with Gasteiger partial charge in [-0.25, -0.2) is 0 Å². The Morgan fingerprint density at radius 2 is 1.40 bits per heavy atom. The van der Waals surface area contributed by atoms with Crippen LogP contribution in [-0.4, -0.2) is 58.1 Å². The van der Waals surface area contributed by atoms with E-state index in [1.807, 2.05) is 0 Å². The van der Waals surface area contributed by atoms with E-state index >= 15 is 0 Å². The third-order valence-electron chi connectivity index (χ3n) is 3.16. The van der Waals surface area contributed by atoms with Crippen molar-refractivity contribution >= 4 is 11.6 Å². The SMILES string of the molecule is OC[C@@H](O)[C@H]1OC(c2ccc(Cl)cc2)O[C@@H]1[C@@H](O)CO. The van der Waals surface area contributed by atoms with Crippen molar-refractivity contribution in [1.29, 1.82) is 0 Å². The molecule has 0 bridgehead atoms. The summed E-state index contributed by atoms with van der Waals surface area (Å²) >= 11 is 5.79. The second kappa shape index (κ2) is 6.82. The lowest BCUT2D eigenvalue weighted by Gasteiger charge is -2.23. The maximum atomic E-state index is 9.71. The quantitative estimate of drug-likeness (QED) is 0.603. The summed E-state index contributed by atoms with van der Waals surface area (Å²) in [5.41, 5.74) is 0.664. The van der Waals surface area contributed by atoms with Crippen LogP contribution in [0.25, 0.3) is 0 Å². The molecule has 1 fully saturated rings. The van der Waals surface area contributed by atoms with E-state index in [1.54, 1.807) is 24.3 Å². The van der Waals surface area contributed by atoms with Crippen LogP contribution in [0.4, 0.5) is 0 Å². The molecule has 7 heteroatoms. The lowest BCUT2D eigenvalue weighted by molar-refractivity contribution is -0.0957. The first-order valence-corrected chi connectivity index (χ1v) is 6.59. The minimum atomic E-state index is -1.21. The van der Waals surface area contributed by atoms with Crippen LogP contribution < -0.4 is 0 Å². The van der Waals surface area contributed by atoms with Gasteiger partial charge in [0, 0.05) is 10.6 Å². The number of hydrogen-bond donors (Lipinski definition) is 4. The molecule has 20 heavy (non-hydrogen) atoms. The number of hydrogen-bond acceptors (Lipinski definition) is 6. The van der Waals surface area contributed by atoms with Gasteiger partial charge < -0.3 is 29.9 Å². The van der Waals surface area contributed by atoms with Crippen molar-refractivity contribution in [2.45, 2.75) is 30.7 Å². The smallest absolute Gasteiger partial charge is 0.184 e. The zero-order valence-electron chi connectivity index (χ0n) is 10.6. The maximum Gasteiger partial charge on any atom is 0.184 e. The van der Waals surface area contributed by atoms with Gasteiger partial charge in [-0.05, 0) is 12.1 Å². The lowest BCUT2D eigenvalue weighted by atomic mass is 10.0. The minimum absolute atomic E-state index is 0.532. The Bertz CT molecular complexity index is 407. The normalized spacial score (nSPS) is 29.4. The highest BCUT2D eigenvalue weighted by Crippen LogP contribution is 2.34. The molecule has 2 rings (SSSR count). The third kappa shape index (κ3) is 3.29. The van der Waals surface area contributed by atoms with Crippen molar-refractivity contribution in [3.8, 4) is 0 Å². The Morgan fingerprint density at radius 1 is 0.950 bits per heavy atom. The van der Waals surface area contributed by atoms with Gasteiger partial charge in [0.25, 0.3) is 0 Å². The molecule has 1 aromatic rings. The van der Waals surface area contributed by atoms with Gasteiger partial charge in [0.05, 0.1) is 13.2 Å². The van der Waals surface area contributed by atoms with Gasteiger partial charge in [0.1, 0.15) is 24.4 Å². The highest BCUT2D eigenvalue weighted by Gasteiger charge is 2.44. The molecule has 1 aliphatic heterocycles. The van der Waals surface area contributed by atoms with Crippen molar-refractivity contribution in [2.24, 2.45) is 0 Å². The van der Waals surface area contributed by atoms with Gasteiger partial charge in [-0.15, -0.1) is 0 Å². The van der Waals surface area contributed by atoms with Gasteiger partial charge in [-0.2, -0.15) is 0 Å². The van der Waals surface area contributed by atoms with Crippen LogP contribution in [0.2, 0.25) is 5.02 Å². The number of aliphatic hydroxyl groups is 4.